The van der Waals surface area contributed by atoms with Crippen LogP contribution in [0.25, 0.3) is 16.8 Å². The van der Waals surface area contributed by atoms with Crippen LogP contribution in [0.2, 0.25) is 5.02 Å². The fraction of sp³-hybridized carbons (Fsp3) is 0.133. The molecule has 0 fully saturated rings. The molecule has 0 bridgehead atoms. The van der Waals surface area contributed by atoms with Gasteiger partial charge in [-0.1, -0.05) is 23.7 Å². The average Bonchev–Trinajstić information content (AvgIpc) is 2.87. The Hall–Kier alpha value is -2.19. The summed E-state index contributed by atoms with van der Waals surface area (Å²) >= 11 is 9.31. The molecule has 0 saturated heterocycles. The monoisotopic (exact) mass is 412 g/mol. The van der Waals surface area contributed by atoms with Crippen LogP contribution in [0.1, 0.15) is 0 Å². The highest BCUT2D eigenvalue weighted by molar-refractivity contribution is 9.10. The lowest BCUT2D eigenvalue weighted by Crippen LogP contribution is -2.21. The van der Waals surface area contributed by atoms with Crippen LogP contribution in [-0.4, -0.2) is 26.4 Å². The Balaban J connectivity index is 2.11. The maximum absolute atomic E-state index is 14.1. The standard InChI is InChI=1S/C15H11BrClFN4O2/c1-21-15(23)22(14(20-21)24-2)9-5-3-8(4-6-9)11-10(18)7-19-13(16)12(11)17/h3-7H,1-2H3. The molecule has 0 aliphatic rings. The Morgan fingerprint density at radius 3 is 2.58 bits per heavy atom. The largest absolute Gasteiger partial charge is 0.467 e. The molecule has 2 aromatic heterocycles. The van der Waals surface area contributed by atoms with E-state index in [1.165, 1.54) is 23.4 Å². The van der Waals surface area contributed by atoms with Gasteiger partial charge in [-0.2, -0.15) is 0 Å². The van der Waals surface area contributed by atoms with Crippen molar-refractivity contribution < 1.29 is 9.13 Å². The lowest BCUT2D eigenvalue weighted by atomic mass is 10.1. The summed E-state index contributed by atoms with van der Waals surface area (Å²) in [6.45, 7) is 0. The Bertz CT molecular complexity index is 969. The van der Waals surface area contributed by atoms with Crippen molar-refractivity contribution in [3.63, 3.8) is 0 Å². The zero-order valence-corrected chi connectivity index (χ0v) is 15.0. The molecular weight excluding hydrogens is 403 g/mol. The van der Waals surface area contributed by atoms with E-state index in [-0.39, 0.29) is 22.3 Å². The SMILES string of the molecule is COc1nn(C)c(=O)n1-c1ccc(-c2c(F)cnc(Br)c2Cl)cc1. The number of hydrogen-bond acceptors (Lipinski definition) is 4. The normalized spacial score (nSPS) is 10.9. The van der Waals surface area contributed by atoms with Crippen molar-refractivity contribution in [2.24, 2.45) is 7.05 Å². The molecule has 0 saturated carbocycles. The molecule has 0 amide bonds. The smallest absolute Gasteiger partial charge is 0.353 e. The molecule has 1 aromatic carbocycles. The number of ether oxygens (including phenoxy) is 1. The Labute approximate surface area is 149 Å². The summed E-state index contributed by atoms with van der Waals surface area (Å²) in [4.78, 5) is 15.9. The molecule has 0 unspecified atom stereocenters. The summed E-state index contributed by atoms with van der Waals surface area (Å²) in [5.41, 5.74) is 0.977. The molecule has 0 N–H and O–H groups in total. The third-order valence-corrected chi connectivity index (χ3v) is 4.62. The van der Waals surface area contributed by atoms with Gasteiger partial charge in [0.1, 0.15) is 4.60 Å². The van der Waals surface area contributed by atoms with Gasteiger partial charge < -0.3 is 4.74 Å². The minimum atomic E-state index is -0.535. The van der Waals surface area contributed by atoms with E-state index in [4.69, 9.17) is 16.3 Å². The van der Waals surface area contributed by atoms with Crippen LogP contribution in [0.3, 0.4) is 0 Å². The highest BCUT2D eigenvalue weighted by Crippen LogP contribution is 2.34. The minimum absolute atomic E-state index is 0.158. The highest BCUT2D eigenvalue weighted by Gasteiger charge is 2.16. The van der Waals surface area contributed by atoms with Crippen molar-refractivity contribution in [3.05, 3.63) is 56.4 Å². The van der Waals surface area contributed by atoms with Crippen molar-refractivity contribution >= 4 is 27.5 Å². The van der Waals surface area contributed by atoms with E-state index in [9.17, 15) is 9.18 Å². The van der Waals surface area contributed by atoms with Gasteiger partial charge in [-0.05, 0) is 33.6 Å². The first-order chi connectivity index (χ1) is 11.4. The number of rotatable bonds is 3. The first-order valence-corrected chi connectivity index (χ1v) is 7.91. The fourth-order valence-electron chi connectivity index (χ4n) is 2.28. The number of nitrogens with zero attached hydrogens (tertiary/aromatic N) is 4. The van der Waals surface area contributed by atoms with Gasteiger partial charge in [0.25, 0.3) is 0 Å². The van der Waals surface area contributed by atoms with E-state index in [0.717, 1.165) is 6.20 Å². The zero-order valence-electron chi connectivity index (χ0n) is 12.6. The maximum atomic E-state index is 14.1. The molecule has 3 aromatic rings. The number of methoxy groups -OCH3 is 1. The summed E-state index contributed by atoms with van der Waals surface area (Å²) in [7, 11) is 2.95. The number of aromatic nitrogens is 4. The second-order valence-electron chi connectivity index (χ2n) is 4.86. The first-order valence-electron chi connectivity index (χ1n) is 6.74. The lowest BCUT2D eigenvalue weighted by molar-refractivity contribution is 0.368. The van der Waals surface area contributed by atoms with Gasteiger partial charge in [-0.3, -0.25) is 0 Å². The van der Waals surface area contributed by atoms with Crippen molar-refractivity contribution in [2.45, 2.75) is 0 Å². The summed E-state index contributed by atoms with van der Waals surface area (Å²) in [5, 5.41) is 4.15. The number of benzene rings is 1. The fourth-order valence-corrected chi connectivity index (χ4v) is 2.83. The van der Waals surface area contributed by atoms with Gasteiger partial charge in [0.05, 0.1) is 24.0 Å². The maximum Gasteiger partial charge on any atom is 0.353 e. The first kappa shape index (κ1) is 16.7. The van der Waals surface area contributed by atoms with E-state index in [1.54, 1.807) is 24.3 Å². The van der Waals surface area contributed by atoms with E-state index < -0.39 is 5.82 Å². The van der Waals surface area contributed by atoms with Crippen LogP contribution in [0.4, 0.5) is 4.39 Å². The van der Waals surface area contributed by atoms with E-state index in [2.05, 4.69) is 26.0 Å². The topological polar surface area (TPSA) is 61.9 Å². The van der Waals surface area contributed by atoms with E-state index >= 15 is 0 Å². The van der Waals surface area contributed by atoms with Gasteiger partial charge >= 0.3 is 11.7 Å². The molecule has 24 heavy (non-hydrogen) atoms. The predicted molar refractivity (Wildman–Crippen MR) is 91.3 cm³/mol. The minimum Gasteiger partial charge on any atom is -0.467 e. The van der Waals surface area contributed by atoms with Crippen LogP contribution < -0.4 is 10.4 Å². The molecule has 0 spiro atoms. The second kappa shape index (κ2) is 6.37. The van der Waals surface area contributed by atoms with Crippen LogP contribution in [0.5, 0.6) is 6.01 Å². The Morgan fingerprint density at radius 1 is 1.29 bits per heavy atom. The van der Waals surface area contributed by atoms with Crippen molar-refractivity contribution in [3.8, 4) is 22.8 Å². The molecule has 0 aliphatic carbocycles. The third-order valence-electron chi connectivity index (χ3n) is 3.42. The zero-order chi connectivity index (χ0) is 17.4. The molecule has 124 valence electrons. The van der Waals surface area contributed by atoms with Crippen molar-refractivity contribution in [2.75, 3.05) is 7.11 Å². The summed E-state index contributed by atoms with van der Waals surface area (Å²) in [6, 6.07) is 6.79. The summed E-state index contributed by atoms with van der Waals surface area (Å²) in [5.74, 6) is -0.535. The Morgan fingerprint density at radius 2 is 1.96 bits per heavy atom. The molecule has 9 heteroatoms. The number of hydrogen-bond donors (Lipinski definition) is 0. The molecule has 3 rings (SSSR count). The predicted octanol–water partition coefficient (Wildman–Crippen LogP) is 3.20. The molecule has 0 aliphatic heterocycles. The quantitative estimate of drug-likeness (QED) is 0.619. The van der Waals surface area contributed by atoms with Gasteiger partial charge in [-0.15, -0.1) is 5.10 Å². The highest BCUT2D eigenvalue weighted by atomic mass is 79.9. The van der Waals surface area contributed by atoms with Gasteiger partial charge in [0.15, 0.2) is 5.82 Å². The van der Waals surface area contributed by atoms with Crippen LogP contribution in [0, 0.1) is 5.82 Å². The van der Waals surface area contributed by atoms with Crippen molar-refractivity contribution in [1.29, 1.82) is 0 Å². The Kier molecular flexibility index (Phi) is 4.42. The van der Waals surface area contributed by atoms with Gasteiger partial charge in [-0.25, -0.2) is 23.4 Å². The lowest BCUT2D eigenvalue weighted by Gasteiger charge is -2.09. The van der Waals surface area contributed by atoms with Crippen LogP contribution in [-0.2, 0) is 7.05 Å². The van der Waals surface area contributed by atoms with E-state index in [0.29, 0.717) is 15.9 Å². The summed E-state index contributed by atoms with van der Waals surface area (Å²) in [6.07, 6.45) is 1.09. The second-order valence-corrected chi connectivity index (χ2v) is 5.99. The van der Waals surface area contributed by atoms with Gasteiger partial charge in [0.2, 0.25) is 0 Å². The molecule has 0 radical (unpaired) electrons. The molecule has 0 atom stereocenters. The average molecular weight is 414 g/mol. The number of halogens is 3. The molecule has 6 nitrogen and oxygen atoms in total. The number of aryl methyl sites for hydroxylation is 1. The van der Waals surface area contributed by atoms with Crippen LogP contribution >= 0.6 is 27.5 Å². The summed E-state index contributed by atoms with van der Waals surface area (Å²) < 4.78 is 22.0. The van der Waals surface area contributed by atoms with Crippen LogP contribution in [0.15, 0.2) is 39.9 Å². The number of pyridine rings is 1. The molecular formula is C15H11BrClFN4O2. The van der Waals surface area contributed by atoms with Crippen molar-refractivity contribution in [1.82, 2.24) is 19.3 Å². The van der Waals surface area contributed by atoms with E-state index in [1.807, 2.05) is 0 Å². The van der Waals surface area contributed by atoms with Gasteiger partial charge in [0, 0.05) is 12.6 Å². The molecule has 2 heterocycles. The third kappa shape index (κ3) is 2.71.